The number of carboxylic acid groups (broad SMARTS) is 2. The number of hydrogen-bond donors (Lipinski definition) is 2. The van der Waals surface area contributed by atoms with Gasteiger partial charge in [0.2, 0.25) is 11.8 Å². The van der Waals surface area contributed by atoms with E-state index in [1.807, 2.05) is 0 Å². The summed E-state index contributed by atoms with van der Waals surface area (Å²) in [6.07, 6.45) is 34.0. The molecule has 0 fully saturated rings. The van der Waals surface area contributed by atoms with Crippen LogP contribution in [0.15, 0.2) is 0 Å². The van der Waals surface area contributed by atoms with Gasteiger partial charge in [0.1, 0.15) is 0 Å². The Bertz CT molecular complexity index is 622. The van der Waals surface area contributed by atoms with Crippen molar-refractivity contribution in [3.63, 3.8) is 0 Å². The van der Waals surface area contributed by atoms with Crippen molar-refractivity contribution in [3.8, 4) is 0 Å². The van der Waals surface area contributed by atoms with E-state index in [9.17, 15) is 29.4 Å². The summed E-state index contributed by atoms with van der Waals surface area (Å²) in [7, 11) is 0. The van der Waals surface area contributed by atoms with Crippen molar-refractivity contribution in [2.75, 3.05) is 13.1 Å². The second-order valence-electron chi connectivity index (χ2n) is 12.3. The molecule has 265 valence electrons. The number of rotatable bonds is 32. The Hall–Kier alpha value is -1.60. The zero-order chi connectivity index (χ0) is 32.9. The molecular formula is C36H68MnN2O6. The molecule has 0 spiro atoms. The summed E-state index contributed by atoms with van der Waals surface area (Å²) in [5.41, 5.74) is 0. The van der Waals surface area contributed by atoms with Crippen LogP contribution in [0.4, 0.5) is 0 Å². The van der Waals surface area contributed by atoms with Crippen molar-refractivity contribution in [2.24, 2.45) is 0 Å². The van der Waals surface area contributed by atoms with Crippen molar-refractivity contribution in [1.82, 2.24) is 10.6 Å². The molecule has 0 aromatic heterocycles. The van der Waals surface area contributed by atoms with Crippen LogP contribution in [-0.2, 0) is 36.2 Å². The summed E-state index contributed by atoms with van der Waals surface area (Å²) in [6, 6.07) is 0. The van der Waals surface area contributed by atoms with Crippen LogP contribution < -0.4 is 20.8 Å². The zero-order valence-electron chi connectivity index (χ0n) is 29.0. The number of unbranched alkanes of at least 4 members (excludes halogenated alkanes) is 24. The molecular weight excluding hydrogens is 611 g/mol. The third-order valence-electron chi connectivity index (χ3n) is 7.87. The molecule has 0 atom stereocenters. The Kier molecular flexibility index (Phi) is 42.9. The molecule has 0 aromatic carbocycles. The van der Waals surface area contributed by atoms with Crippen molar-refractivity contribution in [1.29, 1.82) is 0 Å². The molecule has 0 aliphatic heterocycles. The summed E-state index contributed by atoms with van der Waals surface area (Å²) in [5.74, 6) is -2.85. The summed E-state index contributed by atoms with van der Waals surface area (Å²) in [4.78, 5) is 42.8. The van der Waals surface area contributed by atoms with Gasteiger partial charge in [-0.25, -0.2) is 0 Å². The second-order valence-corrected chi connectivity index (χ2v) is 12.3. The van der Waals surface area contributed by atoms with Crippen molar-refractivity contribution in [2.45, 2.75) is 194 Å². The van der Waals surface area contributed by atoms with E-state index in [4.69, 9.17) is 0 Å². The van der Waals surface area contributed by atoms with Crippen molar-refractivity contribution < 1.29 is 46.5 Å². The van der Waals surface area contributed by atoms with E-state index in [0.29, 0.717) is 12.8 Å². The van der Waals surface area contributed by atoms with Gasteiger partial charge in [0.15, 0.2) is 0 Å². The monoisotopic (exact) mass is 679 g/mol. The molecule has 0 heterocycles. The van der Waals surface area contributed by atoms with E-state index in [-0.39, 0.29) is 42.0 Å². The summed E-state index contributed by atoms with van der Waals surface area (Å²) >= 11 is 0. The molecule has 2 amide bonds. The predicted molar refractivity (Wildman–Crippen MR) is 177 cm³/mol. The fourth-order valence-electron chi connectivity index (χ4n) is 5.12. The first-order valence-electron chi connectivity index (χ1n) is 18.3. The number of amides is 2. The first-order valence-corrected chi connectivity index (χ1v) is 18.3. The zero-order valence-corrected chi connectivity index (χ0v) is 30.2. The normalized spacial score (nSPS) is 10.4. The van der Waals surface area contributed by atoms with Crippen LogP contribution in [0.25, 0.3) is 0 Å². The molecule has 0 aliphatic rings. The molecule has 0 saturated carbocycles. The minimum absolute atomic E-state index is 0. The Morgan fingerprint density at radius 2 is 0.578 bits per heavy atom. The van der Waals surface area contributed by atoms with E-state index >= 15 is 0 Å². The van der Waals surface area contributed by atoms with E-state index in [2.05, 4.69) is 24.5 Å². The van der Waals surface area contributed by atoms with Crippen LogP contribution >= 0.6 is 0 Å². The van der Waals surface area contributed by atoms with Gasteiger partial charge in [-0.05, 0) is 12.8 Å². The minimum Gasteiger partial charge on any atom is -0.548 e. The third kappa shape index (κ3) is 46.9. The van der Waals surface area contributed by atoms with E-state index in [1.54, 1.807) is 0 Å². The predicted octanol–water partition coefficient (Wildman–Crippen LogP) is 6.67. The van der Waals surface area contributed by atoms with Crippen LogP contribution in [0.5, 0.6) is 0 Å². The molecule has 0 bridgehead atoms. The quantitative estimate of drug-likeness (QED) is 0.0602. The molecule has 0 rings (SSSR count). The summed E-state index contributed by atoms with van der Waals surface area (Å²) in [6.45, 7) is 3.74. The molecule has 2 N–H and O–H groups in total. The number of aliphatic carboxylic acids is 2. The van der Waals surface area contributed by atoms with Crippen LogP contribution in [0.3, 0.4) is 0 Å². The number of nitrogens with one attached hydrogen (secondary N) is 2. The topological polar surface area (TPSA) is 138 Å². The first-order chi connectivity index (χ1) is 21.3. The Balaban J connectivity index is -0.000000767. The average Bonchev–Trinajstić information content (AvgIpc) is 3.00. The van der Waals surface area contributed by atoms with Gasteiger partial charge in [-0.2, -0.15) is 0 Å². The maximum absolute atomic E-state index is 11.2. The minimum atomic E-state index is -1.24. The number of carboxylic acids is 2. The molecule has 9 heteroatoms. The smallest absolute Gasteiger partial charge is 0.548 e. The molecule has 0 aliphatic carbocycles. The third-order valence-corrected chi connectivity index (χ3v) is 7.87. The van der Waals surface area contributed by atoms with Gasteiger partial charge >= 0.3 is 17.1 Å². The van der Waals surface area contributed by atoms with Gasteiger partial charge in [-0.3, -0.25) is 9.59 Å². The van der Waals surface area contributed by atoms with Crippen LogP contribution in [-0.4, -0.2) is 36.8 Å². The molecule has 1 radical (unpaired) electrons. The van der Waals surface area contributed by atoms with Crippen LogP contribution in [0, 0.1) is 0 Å². The summed E-state index contributed by atoms with van der Waals surface area (Å²) < 4.78 is 0. The van der Waals surface area contributed by atoms with Gasteiger partial charge < -0.3 is 30.4 Å². The van der Waals surface area contributed by atoms with Crippen LogP contribution in [0.2, 0.25) is 0 Å². The Morgan fingerprint density at radius 1 is 0.378 bits per heavy atom. The van der Waals surface area contributed by atoms with Crippen molar-refractivity contribution in [3.05, 3.63) is 0 Å². The number of carbonyl (C=O) groups excluding carboxylic acids is 4. The van der Waals surface area contributed by atoms with E-state index in [1.165, 1.54) is 141 Å². The molecule has 0 unspecified atom stereocenters. The largest absolute Gasteiger partial charge is 2.00 e. The Morgan fingerprint density at radius 3 is 0.778 bits per heavy atom. The van der Waals surface area contributed by atoms with E-state index < -0.39 is 11.9 Å². The SMILES string of the molecule is CCCCCCCCCCCCCCCC(=O)NCC(=O)[O-].CCCCCCCCCCCCCCCC(=O)NCC(=O)[O-].[Mn+2]. The maximum atomic E-state index is 11.2. The molecule has 0 saturated heterocycles. The standard InChI is InChI=1S/2C18H35NO3.Mn/c2*1-2-3-4-5-6-7-8-9-10-11-12-13-14-15-17(20)19-16-18(21)22;/h2*2-16H2,1H3,(H,19,20)(H,21,22);/q;;+2/p-2. The fourth-order valence-corrected chi connectivity index (χ4v) is 5.12. The van der Waals surface area contributed by atoms with Gasteiger partial charge in [0.05, 0.1) is 25.0 Å². The van der Waals surface area contributed by atoms with Crippen molar-refractivity contribution >= 4 is 23.8 Å². The van der Waals surface area contributed by atoms with Crippen LogP contribution in [0.1, 0.15) is 194 Å². The Labute approximate surface area is 286 Å². The number of hydrogen-bond acceptors (Lipinski definition) is 6. The molecule has 45 heavy (non-hydrogen) atoms. The maximum Gasteiger partial charge on any atom is 2.00 e. The second kappa shape index (κ2) is 40.4. The first kappa shape index (κ1) is 47.8. The molecule has 8 nitrogen and oxygen atoms in total. The van der Waals surface area contributed by atoms with Gasteiger partial charge in [-0.15, -0.1) is 0 Å². The summed E-state index contributed by atoms with van der Waals surface area (Å²) in [5, 5.41) is 25.0. The number of carbonyl (C=O) groups is 4. The fraction of sp³-hybridized carbons (Fsp3) is 0.889. The van der Waals surface area contributed by atoms with Gasteiger partial charge in [-0.1, -0.05) is 168 Å². The average molecular weight is 680 g/mol. The molecule has 0 aromatic rings. The van der Waals surface area contributed by atoms with Gasteiger partial charge in [0, 0.05) is 12.8 Å². The van der Waals surface area contributed by atoms with E-state index in [0.717, 1.165) is 25.7 Å². The van der Waals surface area contributed by atoms with Gasteiger partial charge in [0.25, 0.3) is 0 Å².